The first-order valence-corrected chi connectivity index (χ1v) is 13.9. The number of hydrogen-bond acceptors (Lipinski definition) is 2. The van der Waals surface area contributed by atoms with Crippen LogP contribution in [0, 0.1) is 0 Å². The van der Waals surface area contributed by atoms with E-state index in [4.69, 9.17) is 4.43 Å². The standard InChI is InChI=1S/C15H33NO2Si2/c1-9-14(19(6,7)8)16(10-2)15(17)18-20(11-3,12-4)13-5/h9,14H,1,10-13H2,2-8H3. The van der Waals surface area contributed by atoms with E-state index >= 15 is 0 Å². The minimum atomic E-state index is -1.89. The lowest BCUT2D eigenvalue weighted by Gasteiger charge is -2.38. The average Bonchev–Trinajstić information content (AvgIpc) is 2.40. The second kappa shape index (κ2) is 8.03. The van der Waals surface area contributed by atoms with Gasteiger partial charge in [0.15, 0.2) is 0 Å². The monoisotopic (exact) mass is 315 g/mol. The fraction of sp³-hybridized carbons (Fsp3) is 0.800. The molecule has 0 rings (SSSR count). The molecule has 0 aliphatic carbocycles. The summed E-state index contributed by atoms with van der Waals surface area (Å²) in [7, 11) is -3.40. The number of amides is 1. The van der Waals surface area contributed by atoms with Crippen LogP contribution in [-0.2, 0) is 4.43 Å². The van der Waals surface area contributed by atoms with Gasteiger partial charge in [0.05, 0.1) is 8.07 Å². The summed E-state index contributed by atoms with van der Waals surface area (Å²) in [5.74, 6) is 0. The van der Waals surface area contributed by atoms with E-state index in [0.29, 0.717) is 6.54 Å². The highest BCUT2D eigenvalue weighted by molar-refractivity contribution is 6.78. The summed E-state index contributed by atoms with van der Waals surface area (Å²) in [5.41, 5.74) is 0.136. The molecule has 0 spiro atoms. The molecule has 0 N–H and O–H groups in total. The van der Waals surface area contributed by atoms with Crippen molar-refractivity contribution in [2.75, 3.05) is 6.54 Å². The highest BCUT2D eigenvalue weighted by atomic mass is 28.4. The summed E-state index contributed by atoms with van der Waals surface area (Å²) >= 11 is 0. The van der Waals surface area contributed by atoms with E-state index in [9.17, 15) is 4.79 Å². The van der Waals surface area contributed by atoms with Gasteiger partial charge in [-0.15, -0.1) is 6.58 Å². The van der Waals surface area contributed by atoms with E-state index in [1.807, 2.05) is 17.9 Å². The summed E-state index contributed by atoms with van der Waals surface area (Å²) in [6.45, 7) is 19.9. The Bertz CT molecular complexity index is 314. The van der Waals surface area contributed by atoms with Crippen molar-refractivity contribution >= 4 is 22.5 Å². The van der Waals surface area contributed by atoms with Gasteiger partial charge in [-0.3, -0.25) is 0 Å². The average molecular weight is 316 g/mol. The van der Waals surface area contributed by atoms with Crippen molar-refractivity contribution < 1.29 is 9.22 Å². The molecule has 0 saturated carbocycles. The van der Waals surface area contributed by atoms with Gasteiger partial charge in [0.2, 0.25) is 0 Å². The molecule has 1 amide bonds. The zero-order chi connectivity index (χ0) is 16.0. The number of carbonyl (C=O) groups is 1. The summed E-state index contributed by atoms with van der Waals surface area (Å²) < 4.78 is 6.02. The summed E-state index contributed by atoms with van der Waals surface area (Å²) in [5, 5.41) is 0. The van der Waals surface area contributed by atoms with Crippen molar-refractivity contribution in [1.82, 2.24) is 4.90 Å². The molecule has 0 heterocycles. The van der Waals surface area contributed by atoms with Crippen LogP contribution in [0.5, 0.6) is 0 Å². The third-order valence-electron chi connectivity index (χ3n) is 4.26. The third-order valence-corrected chi connectivity index (χ3v) is 11.1. The van der Waals surface area contributed by atoms with Crippen molar-refractivity contribution in [1.29, 1.82) is 0 Å². The van der Waals surface area contributed by atoms with Gasteiger partial charge in [-0.25, -0.2) is 4.79 Å². The number of nitrogens with zero attached hydrogens (tertiary/aromatic N) is 1. The van der Waals surface area contributed by atoms with Crippen molar-refractivity contribution in [2.24, 2.45) is 0 Å². The Balaban J connectivity index is 5.17. The van der Waals surface area contributed by atoms with E-state index in [1.165, 1.54) is 0 Å². The minimum absolute atomic E-state index is 0.128. The lowest BCUT2D eigenvalue weighted by Crippen LogP contribution is -2.54. The van der Waals surface area contributed by atoms with Gasteiger partial charge < -0.3 is 9.33 Å². The molecule has 5 heteroatoms. The summed E-state index contributed by atoms with van der Waals surface area (Å²) in [6.07, 6.45) is 1.79. The molecular formula is C15H33NO2Si2. The number of likely N-dealkylation sites (N-methyl/N-ethyl adjacent to an activating group) is 1. The Labute approximate surface area is 127 Å². The highest BCUT2D eigenvalue weighted by Crippen LogP contribution is 2.24. The molecule has 118 valence electrons. The molecule has 1 atom stereocenters. The molecule has 0 saturated heterocycles. The Morgan fingerprint density at radius 3 is 1.85 bits per heavy atom. The molecule has 20 heavy (non-hydrogen) atoms. The van der Waals surface area contributed by atoms with E-state index in [2.05, 4.69) is 47.0 Å². The molecule has 0 radical (unpaired) electrons. The normalized spacial score (nSPS) is 13.8. The lowest BCUT2D eigenvalue weighted by molar-refractivity contribution is 0.150. The second-order valence-electron chi connectivity index (χ2n) is 6.44. The molecule has 0 aromatic heterocycles. The van der Waals surface area contributed by atoms with E-state index in [1.54, 1.807) is 0 Å². The van der Waals surface area contributed by atoms with Gasteiger partial charge >= 0.3 is 6.09 Å². The molecule has 3 nitrogen and oxygen atoms in total. The van der Waals surface area contributed by atoms with Gasteiger partial charge in [0.25, 0.3) is 8.32 Å². The fourth-order valence-corrected chi connectivity index (χ4v) is 6.95. The SMILES string of the molecule is C=CC(N(CC)C(=O)O[Si](CC)(CC)CC)[Si](C)(C)C. The van der Waals surface area contributed by atoms with Crippen LogP contribution < -0.4 is 0 Å². The first kappa shape index (κ1) is 19.4. The van der Waals surface area contributed by atoms with E-state index in [0.717, 1.165) is 18.1 Å². The highest BCUT2D eigenvalue weighted by Gasteiger charge is 2.38. The van der Waals surface area contributed by atoms with Crippen LogP contribution in [-0.4, -0.2) is 39.6 Å². The van der Waals surface area contributed by atoms with Crippen molar-refractivity contribution in [3.05, 3.63) is 12.7 Å². The van der Waals surface area contributed by atoms with Crippen LogP contribution in [0.2, 0.25) is 37.8 Å². The third kappa shape index (κ3) is 4.77. The molecule has 0 aliphatic rings. The molecular weight excluding hydrogens is 282 g/mol. The smallest absolute Gasteiger partial charge is 0.396 e. The van der Waals surface area contributed by atoms with E-state index < -0.39 is 16.4 Å². The fourth-order valence-electron chi connectivity index (χ4n) is 2.60. The van der Waals surface area contributed by atoms with Crippen molar-refractivity contribution in [3.8, 4) is 0 Å². The Morgan fingerprint density at radius 2 is 1.60 bits per heavy atom. The van der Waals surface area contributed by atoms with Crippen LogP contribution in [0.1, 0.15) is 27.7 Å². The van der Waals surface area contributed by atoms with Crippen LogP contribution in [0.15, 0.2) is 12.7 Å². The van der Waals surface area contributed by atoms with Gasteiger partial charge in [0.1, 0.15) is 0 Å². The number of rotatable bonds is 8. The van der Waals surface area contributed by atoms with Crippen LogP contribution in [0.3, 0.4) is 0 Å². The predicted octanol–water partition coefficient (Wildman–Crippen LogP) is 4.88. The maximum Gasteiger partial charge on any atom is 0.396 e. The van der Waals surface area contributed by atoms with Gasteiger partial charge in [-0.2, -0.15) is 0 Å². The summed E-state index contributed by atoms with van der Waals surface area (Å²) in [6, 6.07) is 2.99. The van der Waals surface area contributed by atoms with Gasteiger partial charge in [-0.1, -0.05) is 46.5 Å². The molecule has 0 aliphatic heterocycles. The summed E-state index contributed by atoms with van der Waals surface area (Å²) in [4.78, 5) is 14.5. The number of carbonyl (C=O) groups excluding carboxylic acids is 1. The quantitative estimate of drug-likeness (QED) is 0.472. The predicted molar refractivity (Wildman–Crippen MR) is 93.4 cm³/mol. The Hall–Kier alpha value is -0.556. The molecule has 1 unspecified atom stereocenters. The zero-order valence-corrected chi connectivity index (χ0v) is 16.5. The van der Waals surface area contributed by atoms with Gasteiger partial charge in [0, 0.05) is 12.2 Å². The first-order chi connectivity index (χ1) is 9.21. The Morgan fingerprint density at radius 1 is 1.15 bits per heavy atom. The first-order valence-electron chi connectivity index (χ1n) is 7.83. The van der Waals surface area contributed by atoms with Gasteiger partial charge in [-0.05, 0) is 25.1 Å². The minimum Gasteiger partial charge on any atom is -0.503 e. The van der Waals surface area contributed by atoms with Crippen LogP contribution >= 0.6 is 0 Å². The molecule has 0 fully saturated rings. The van der Waals surface area contributed by atoms with Crippen LogP contribution in [0.4, 0.5) is 4.79 Å². The van der Waals surface area contributed by atoms with E-state index in [-0.39, 0.29) is 11.8 Å². The maximum atomic E-state index is 12.6. The topological polar surface area (TPSA) is 29.5 Å². The zero-order valence-electron chi connectivity index (χ0n) is 14.5. The second-order valence-corrected chi connectivity index (χ2v) is 16.5. The molecule has 0 aromatic rings. The lowest BCUT2D eigenvalue weighted by atomic mass is 10.5. The number of hydrogen-bond donors (Lipinski definition) is 0. The van der Waals surface area contributed by atoms with Crippen molar-refractivity contribution in [2.45, 2.75) is 71.1 Å². The largest absolute Gasteiger partial charge is 0.503 e. The van der Waals surface area contributed by atoms with Crippen LogP contribution in [0.25, 0.3) is 0 Å². The maximum absolute atomic E-state index is 12.6. The Kier molecular flexibility index (Phi) is 7.80. The molecule has 0 aromatic carbocycles. The van der Waals surface area contributed by atoms with Crippen molar-refractivity contribution in [3.63, 3.8) is 0 Å². The molecule has 0 bridgehead atoms.